The first kappa shape index (κ1) is 21.5. The minimum Gasteiger partial charge on any atom is -0.503 e. The number of aliphatic hydroxyl groups excluding tert-OH is 1. The van der Waals surface area contributed by atoms with Crippen molar-refractivity contribution in [2.75, 3.05) is 4.90 Å². The molecule has 0 spiro atoms. The van der Waals surface area contributed by atoms with Crippen molar-refractivity contribution in [1.82, 2.24) is 4.98 Å². The number of thiazole rings is 1. The van der Waals surface area contributed by atoms with Gasteiger partial charge in [-0.3, -0.25) is 14.5 Å². The van der Waals surface area contributed by atoms with Gasteiger partial charge in [-0.25, -0.2) is 9.37 Å². The summed E-state index contributed by atoms with van der Waals surface area (Å²) in [5.41, 5.74) is 1.00. The molecule has 3 aromatic rings. The van der Waals surface area contributed by atoms with Crippen LogP contribution in [0, 0.1) is 19.7 Å². The number of carbonyl (C=O) groups is 2. The van der Waals surface area contributed by atoms with E-state index in [1.54, 1.807) is 19.9 Å². The van der Waals surface area contributed by atoms with Crippen LogP contribution >= 0.6 is 34.5 Å². The number of carbonyl (C=O) groups excluding carboxylic acids is 2. The number of benzene rings is 2. The smallest absolute Gasteiger partial charge is 0.294 e. The molecule has 2 aromatic carbocycles. The number of rotatable bonds is 4. The van der Waals surface area contributed by atoms with Crippen molar-refractivity contribution in [3.8, 4) is 0 Å². The van der Waals surface area contributed by atoms with Crippen molar-refractivity contribution in [3.63, 3.8) is 0 Å². The summed E-state index contributed by atoms with van der Waals surface area (Å²) in [4.78, 5) is 32.3. The Balaban J connectivity index is 1.93. The quantitative estimate of drug-likeness (QED) is 0.469. The number of anilines is 1. The molecule has 1 aromatic heterocycles. The third-order valence-corrected chi connectivity index (χ3v) is 6.72. The minimum atomic E-state index is -1.03. The Morgan fingerprint density at radius 2 is 1.90 bits per heavy atom. The highest BCUT2D eigenvalue weighted by Gasteiger charge is 2.45. The Kier molecular flexibility index (Phi) is 5.60. The van der Waals surface area contributed by atoms with Crippen LogP contribution in [-0.2, 0) is 4.79 Å². The zero-order valence-electron chi connectivity index (χ0n) is 16.3. The molecule has 9 heteroatoms. The van der Waals surface area contributed by atoms with E-state index in [4.69, 9.17) is 23.2 Å². The number of hydrogen-bond donors (Lipinski definition) is 1. The summed E-state index contributed by atoms with van der Waals surface area (Å²) in [7, 11) is 0. The van der Waals surface area contributed by atoms with Crippen LogP contribution in [0.25, 0.3) is 0 Å². The van der Waals surface area contributed by atoms with Crippen LogP contribution in [0.2, 0.25) is 10.0 Å². The lowest BCUT2D eigenvalue weighted by molar-refractivity contribution is -0.117. The maximum atomic E-state index is 13.9. The van der Waals surface area contributed by atoms with Crippen LogP contribution in [0.4, 0.5) is 10.1 Å². The topological polar surface area (TPSA) is 70.5 Å². The molecule has 1 atom stereocenters. The maximum Gasteiger partial charge on any atom is 0.294 e. The summed E-state index contributed by atoms with van der Waals surface area (Å²) in [5.74, 6) is -2.60. The van der Waals surface area contributed by atoms with E-state index in [0.29, 0.717) is 26.2 Å². The second-order valence-corrected chi connectivity index (χ2v) is 8.99. The summed E-state index contributed by atoms with van der Waals surface area (Å²) < 4.78 is 13.9. The van der Waals surface area contributed by atoms with E-state index >= 15 is 0 Å². The average molecular weight is 477 g/mol. The van der Waals surface area contributed by atoms with Gasteiger partial charge in [0.25, 0.3) is 5.91 Å². The van der Waals surface area contributed by atoms with E-state index in [9.17, 15) is 19.1 Å². The van der Waals surface area contributed by atoms with Gasteiger partial charge < -0.3 is 5.11 Å². The van der Waals surface area contributed by atoms with Crippen LogP contribution in [-0.4, -0.2) is 21.8 Å². The minimum absolute atomic E-state index is 0.126. The van der Waals surface area contributed by atoms with Gasteiger partial charge in [0.1, 0.15) is 5.82 Å². The summed E-state index contributed by atoms with van der Waals surface area (Å²) in [6.07, 6.45) is 0. The molecule has 0 aliphatic carbocycles. The number of aliphatic hydroxyl groups is 1. The second-order valence-electron chi connectivity index (χ2n) is 6.97. The van der Waals surface area contributed by atoms with Gasteiger partial charge in [0.2, 0.25) is 5.78 Å². The summed E-state index contributed by atoms with van der Waals surface area (Å²) >= 11 is 13.4. The Bertz CT molecular complexity index is 1270. The van der Waals surface area contributed by atoms with E-state index in [0.717, 1.165) is 6.07 Å². The molecule has 1 unspecified atom stereocenters. The first-order chi connectivity index (χ1) is 14.7. The number of Topliss-reactive ketones (excluding diaryl/α,β-unsaturated/α-hetero) is 1. The van der Waals surface area contributed by atoms with Crippen molar-refractivity contribution in [3.05, 3.63) is 90.8 Å². The van der Waals surface area contributed by atoms with E-state index in [2.05, 4.69) is 4.98 Å². The number of hydrogen-bond acceptors (Lipinski definition) is 5. The Morgan fingerprint density at radius 3 is 2.52 bits per heavy atom. The van der Waals surface area contributed by atoms with E-state index in [1.807, 2.05) is 0 Å². The highest BCUT2D eigenvalue weighted by atomic mass is 35.5. The second kappa shape index (κ2) is 8.07. The van der Waals surface area contributed by atoms with E-state index in [1.165, 1.54) is 46.6 Å². The molecule has 0 bridgehead atoms. The number of halogens is 3. The van der Waals surface area contributed by atoms with Gasteiger partial charge in [0.05, 0.1) is 37.2 Å². The molecule has 2 heterocycles. The first-order valence-corrected chi connectivity index (χ1v) is 10.7. The molecule has 31 heavy (non-hydrogen) atoms. The Morgan fingerprint density at radius 1 is 1.16 bits per heavy atom. The Labute approximate surface area is 191 Å². The van der Waals surface area contributed by atoms with Crippen molar-refractivity contribution < 1.29 is 19.1 Å². The van der Waals surface area contributed by atoms with Crippen LogP contribution in [0.1, 0.15) is 32.0 Å². The van der Waals surface area contributed by atoms with Crippen molar-refractivity contribution in [1.29, 1.82) is 0 Å². The van der Waals surface area contributed by atoms with Gasteiger partial charge in [-0.1, -0.05) is 35.3 Å². The van der Waals surface area contributed by atoms with Crippen molar-refractivity contribution in [2.45, 2.75) is 19.9 Å². The largest absolute Gasteiger partial charge is 0.503 e. The maximum absolute atomic E-state index is 13.9. The Hall–Kier alpha value is -2.74. The van der Waals surface area contributed by atoms with Crippen LogP contribution in [0.5, 0.6) is 0 Å². The molecule has 5 nitrogen and oxygen atoms in total. The molecule has 1 aliphatic heterocycles. The highest BCUT2D eigenvalue weighted by molar-refractivity contribution is 7.14. The molecule has 158 valence electrons. The van der Waals surface area contributed by atoms with Crippen molar-refractivity contribution in [2.24, 2.45) is 0 Å². The summed E-state index contributed by atoms with van der Waals surface area (Å²) in [6.45, 7) is 3.45. The molecule has 0 saturated heterocycles. The molecular formula is C22H15Cl2FN2O3S. The molecule has 1 amide bonds. The van der Waals surface area contributed by atoms with Gasteiger partial charge in [0, 0.05) is 5.69 Å². The zero-order chi connectivity index (χ0) is 22.4. The number of nitrogens with zero attached hydrogens (tertiary/aromatic N) is 2. The van der Waals surface area contributed by atoms with Gasteiger partial charge in [-0.15, -0.1) is 11.3 Å². The fourth-order valence-electron chi connectivity index (χ4n) is 3.59. The number of aryl methyl sites for hydroxylation is 2. The standard InChI is InChI=1S/C22H15Cl2FN2O3S/c1-10-21(31-11(2)26-10)19(28)17-18(12-6-7-15(23)16(24)8-12)27(22(30)20(17)29)14-5-3-4-13(25)9-14/h3-9,18,29H,1-2H3. The van der Waals surface area contributed by atoms with Gasteiger partial charge in [-0.2, -0.15) is 0 Å². The van der Waals surface area contributed by atoms with Gasteiger partial charge in [0.15, 0.2) is 5.76 Å². The van der Waals surface area contributed by atoms with Crippen LogP contribution in [0.15, 0.2) is 53.8 Å². The van der Waals surface area contributed by atoms with Crippen LogP contribution in [0.3, 0.4) is 0 Å². The number of amides is 1. The average Bonchev–Trinajstić information content (AvgIpc) is 3.19. The van der Waals surface area contributed by atoms with Gasteiger partial charge >= 0.3 is 0 Å². The fourth-order valence-corrected chi connectivity index (χ4v) is 4.77. The highest BCUT2D eigenvalue weighted by Crippen LogP contribution is 2.43. The number of ketones is 1. The third kappa shape index (κ3) is 3.73. The predicted molar refractivity (Wildman–Crippen MR) is 119 cm³/mol. The monoisotopic (exact) mass is 476 g/mol. The molecule has 0 saturated carbocycles. The molecule has 0 fully saturated rings. The van der Waals surface area contributed by atoms with Crippen molar-refractivity contribution >= 4 is 51.9 Å². The van der Waals surface area contributed by atoms with E-state index < -0.39 is 29.3 Å². The molecule has 1 N–H and O–H groups in total. The fraction of sp³-hybridized carbons (Fsp3) is 0.136. The lowest BCUT2D eigenvalue weighted by Crippen LogP contribution is -2.31. The molecular weight excluding hydrogens is 462 g/mol. The molecule has 1 aliphatic rings. The normalized spacial score (nSPS) is 16.4. The van der Waals surface area contributed by atoms with E-state index in [-0.39, 0.29) is 16.3 Å². The lowest BCUT2D eigenvalue weighted by Gasteiger charge is -2.27. The SMILES string of the molecule is Cc1nc(C)c(C(=O)C2=C(O)C(=O)N(c3cccc(F)c3)C2c2ccc(Cl)c(Cl)c2)s1. The molecule has 0 radical (unpaired) electrons. The third-order valence-electron chi connectivity index (χ3n) is 4.91. The first-order valence-electron chi connectivity index (χ1n) is 9.15. The summed E-state index contributed by atoms with van der Waals surface area (Å²) in [6, 6.07) is 8.99. The lowest BCUT2D eigenvalue weighted by atomic mass is 9.95. The number of aromatic nitrogens is 1. The van der Waals surface area contributed by atoms with Gasteiger partial charge in [-0.05, 0) is 49.7 Å². The molecule has 4 rings (SSSR count). The predicted octanol–water partition coefficient (Wildman–Crippen LogP) is 5.99. The zero-order valence-corrected chi connectivity index (χ0v) is 18.6. The van der Waals surface area contributed by atoms with Crippen LogP contribution < -0.4 is 4.90 Å². The summed E-state index contributed by atoms with van der Waals surface area (Å²) in [5, 5.41) is 11.9.